The van der Waals surface area contributed by atoms with Gasteiger partial charge in [-0.15, -0.1) is 0 Å². The molecular formula is C24H41N5O2. The molecule has 0 spiro atoms. The van der Waals surface area contributed by atoms with E-state index >= 15 is 0 Å². The topological polar surface area (TPSA) is 62.2 Å². The summed E-state index contributed by atoms with van der Waals surface area (Å²) in [6, 6.07) is 4.24. The Morgan fingerprint density at radius 2 is 2.00 bits per heavy atom. The molecule has 2 saturated heterocycles. The van der Waals surface area contributed by atoms with Crippen molar-refractivity contribution in [2.75, 3.05) is 50.8 Å². The summed E-state index contributed by atoms with van der Waals surface area (Å²) in [7, 11) is 0. The van der Waals surface area contributed by atoms with E-state index in [9.17, 15) is 0 Å². The molecule has 2 aliphatic heterocycles. The number of ether oxygens (including phenoxy) is 2. The highest BCUT2D eigenvalue weighted by Gasteiger charge is 2.23. The van der Waals surface area contributed by atoms with Crippen molar-refractivity contribution in [3.05, 3.63) is 23.9 Å². The maximum Gasteiger partial charge on any atom is 0.194 e. The van der Waals surface area contributed by atoms with Gasteiger partial charge in [0.1, 0.15) is 5.82 Å². The second-order valence-electron chi connectivity index (χ2n) is 8.38. The number of likely N-dealkylation sites (tertiary alicyclic amines) is 1. The predicted octanol–water partition coefficient (Wildman–Crippen LogP) is 3.44. The first kappa shape index (κ1) is 23.8. The number of piperidine rings is 1. The van der Waals surface area contributed by atoms with Crippen LogP contribution in [0.3, 0.4) is 0 Å². The van der Waals surface area contributed by atoms with Crippen molar-refractivity contribution in [3.8, 4) is 0 Å². The Labute approximate surface area is 188 Å². The number of aromatic nitrogens is 1. The molecule has 3 rings (SSSR count). The molecular weight excluding hydrogens is 390 g/mol. The Morgan fingerprint density at radius 3 is 2.61 bits per heavy atom. The smallest absolute Gasteiger partial charge is 0.194 e. The fraction of sp³-hybridized carbons (Fsp3) is 0.750. The van der Waals surface area contributed by atoms with Gasteiger partial charge in [0, 0.05) is 45.5 Å². The van der Waals surface area contributed by atoms with Gasteiger partial charge in [-0.1, -0.05) is 6.07 Å². The lowest BCUT2D eigenvalue weighted by atomic mass is 10.1. The van der Waals surface area contributed by atoms with E-state index in [0.717, 1.165) is 82.5 Å². The van der Waals surface area contributed by atoms with E-state index in [1.165, 1.54) is 12.8 Å². The maximum atomic E-state index is 6.16. The number of nitrogens with one attached hydrogen (secondary N) is 1. The fourth-order valence-electron chi connectivity index (χ4n) is 4.25. The summed E-state index contributed by atoms with van der Waals surface area (Å²) in [6.45, 7) is 13.5. The number of aliphatic imine (C=N–C) groups is 1. The van der Waals surface area contributed by atoms with Crippen LogP contribution in [0.4, 0.5) is 5.82 Å². The van der Waals surface area contributed by atoms with Gasteiger partial charge in [-0.2, -0.15) is 0 Å². The fourth-order valence-corrected chi connectivity index (χ4v) is 4.25. The summed E-state index contributed by atoms with van der Waals surface area (Å²) < 4.78 is 12.0. The molecule has 2 aliphatic rings. The number of nitrogens with zero attached hydrogens (tertiary/aromatic N) is 4. The van der Waals surface area contributed by atoms with E-state index in [1.54, 1.807) is 0 Å². The van der Waals surface area contributed by atoms with Crippen LogP contribution >= 0.6 is 0 Å². The monoisotopic (exact) mass is 431 g/mol. The number of guanidine groups is 1. The molecule has 31 heavy (non-hydrogen) atoms. The van der Waals surface area contributed by atoms with E-state index < -0.39 is 0 Å². The van der Waals surface area contributed by atoms with Crippen molar-refractivity contribution in [2.45, 2.75) is 71.6 Å². The molecule has 174 valence electrons. The first-order valence-electron chi connectivity index (χ1n) is 12.2. The van der Waals surface area contributed by atoms with Gasteiger partial charge >= 0.3 is 0 Å². The molecule has 7 nitrogen and oxygen atoms in total. The molecule has 1 unspecified atom stereocenters. The van der Waals surface area contributed by atoms with Crippen LogP contribution in [0.25, 0.3) is 0 Å². The van der Waals surface area contributed by atoms with Gasteiger partial charge in [0.2, 0.25) is 0 Å². The van der Waals surface area contributed by atoms with E-state index in [2.05, 4.69) is 53.0 Å². The lowest BCUT2D eigenvalue weighted by Crippen LogP contribution is -2.47. The Balaban J connectivity index is 1.48. The number of pyridine rings is 1. The number of hydrogen-bond acceptors (Lipinski definition) is 5. The first-order valence-corrected chi connectivity index (χ1v) is 12.2. The van der Waals surface area contributed by atoms with E-state index in [-0.39, 0.29) is 0 Å². The van der Waals surface area contributed by atoms with Gasteiger partial charge in [-0.3, -0.25) is 0 Å². The third-order valence-electron chi connectivity index (χ3n) is 6.18. The van der Waals surface area contributed by atoms with Crippen molar-refractivity contribution in [3.63, 3.8) is 0 Å². The Hall–Kier alpha value is -1.86. The largest absolute Gasteiger partial charge is 0.376 e. The van der Waals surface area contributed by atoms with Crippen molar-refractivity contribution >= 4 is 11.8 Å². The van der Waals surface area contributed by atoms with E-state index in [0.29, 0.717) is 18.8 Å². The molecule has 1 aromatic heterocycles. The summed E-state index contributed by atoms with van der Waals surface area (Å²) in [5.74, 6) is 2.02. The Bertz CT molecular complexity index is 648. The van der Waals surface area contributed by atoms with Crippen molar-refractivity contribution < 1.29 is 9.47 Å². The molecule has 0 amide bonds. The normalized spacial score (nSPS) is 20.7. The minimum absolute atomic E-state index is 0.299. The third-order valence-corrected chi connectivity index (χ3v) is 6.18. The Kier molecular flexibility index (Phi) is 9.87. The molecule has 1 N–H and O–H groups in total. The molecule has 0 bridgehead atoms. The van der Waals surface area contributed by atoms with Crippen LogP contribution in [0.2, 0.25) is 0 Å². The van der Waals surface area contributed by atoms with Crippen LogP contribution in [0.1, 0.15) is 58.4 Å². The number of hydrogen-bond donors (Lipinski definition) is 1. The lowest BCUT2D eigenvalue weighted by Gasteiger charge is -2.35. The number of anilines is 1. The van der Waals surface area contributed by atoms with Gasteiger partial charge in [0.25, 0.3) is 0 Å². The van der Waals surface area contributed by atoms with Gasteiger partial charge in [-0.05, 0) is 64.5 Å². The Morgan fingerprint density at radius 1 is 1.19 bits per heavy atom. The average molecular weight is 432 g/mol. The molecule has 0 saturated carbocycles. The highest BCUT2D eigenvalue weighted by atomic mass is 16.5. The molecule has 0 aliphatic carbocycles. The van der Waals surface area contributed by atoms with Crippen molar-refractivity contribution in [1.82, 2.24) is 15.2 Å². The number of rotatable bonds is 9. The molecule has 7 heteroatoms. The zero-order valence-electron chi connectivity index (χ0n) is 19.7. The van der Waals surface area contributed by atoms with Gasteiger partial charge in [0.05, 0.1) is 25.4 Å². The van der Waals surface area contributed by atoms with Gasteiger partial charge < -0.3 is 24.6 Å². The highest BCUT2D eigenvalue weighted by Crippen LogP contribution is 2.18. The van der Waals surface area contributed by atoms with Gasteiger partial charge in [-0.25, -0.2) is 9.98 Å². The second kappa shape index (κ2) is 12.9. The maximum absolute atomic E-state index is 6.16. The van der Waals surface area contributed by atoms with Crippen LogP contribution in [-0.2, 0) is 16.0 Å². The second-order valence-corrected chi connectivity index (χ2v) is 8.38. The zero-order chi connectivity index (χ0) is 21.9. The van der Waals surface area contributed by atoms with Crippen molar-refractivity contribution in [2.24, 2.45) is 4.99 Å². The quantitative estimate of drug-likeness (QED) is 0.477. The van der Waals surface area contributed by atoms with Gasteiger partial charge in [0.15, 0.2) is 5.96 Å². The van der Waals surface area contributed by atoms with E-state index in [4.69, 9.17) is 14.5 Å². The van der Waals surface area contributed by atoms with Crippen LogP contribution < -0.4 is 10.2 Å². The zero-order valence-corrected chi connectivity index (χ0v) is 19.7. The minimum Gasteiger partial charge on any atom is -0.376 e. The first-order chi connectivity index (χ1) is 15.2. The summed E-state index contributed by atoms with van der Waals surface area (Å²) in [5.41, 5.74) is 1.14. The molecule has 0 aromatic carbocycles. The summed E-state index contributed by atoms with van der Waals surface area (Å²) in [5, 5.41) is 3.46. The van der Waals surface area contributed by atoms with Crippen LogP contribution in [0.5, 0.6) is 0 Å². The average Bonchev–Trinajstić information content (AvgIpc) is 2.83. The SMILES string of the molecule is CCNC(=NCc1ccc(N(CC)CC)nc1)N1CCC(OCC2CCCCO2)CC1. The van der Waals surface area contributed by atoms with E-state index in [1.807, 2.05) is 6.20 Å². The lowest BCUT2D eigenvalue weighted by molar-refractivity contribution is -0.0721. The molecule has 1 aromatic rings. The highest BCUT2D eigenvalue weighted by molar-refractivity contribution is 5.80. The van der Waals surface area contributed by atoms with Crippen molar-refractivity contribution in [1.29, 1.82) is 0 Å². The van der Waals surface area contributed by atoms with Crippen LogP contribution in [0.15, 0.2) is 23.3 Å². The minimum atomic E-state index is 0.299. The third kappa shape index (κ3) is 7.35. The summed E-state index contributed by atoms with van der Waals surface area (Å²) in [4.78, 5) is 14.1. The standard InChI is InChI=1S/C24H41N5O2/c1-4-25-24(27-18-20-10-11-23(26-17-20)28(5-2)6-3)29-14-12-21(13-15-29)31-19-22-9-7-8-16-30-22/h10-11,17,21-22H,4-9,12-16,18-19H2,1-3H3,(H,25,27). The van der Waals surface area contributed by atoms with Crippen LogP contribution in [0, 0.1) is 0 Å². The van der Waals surface area contributed by atoms with Crippen LogP contribution in [-0.4, -0.2) is 74.0 Å². The molecule has 2 fully saturated rings. The molecule has 3 heterocycles. The summed E-state index contributed by atoms with van der Waals surface area (Å²) in [6.07, 6.45) is 8.26. The molecule has 1 atom stereocenters. The summed E-state index contributed by atoms with van der Waals surface area (Å²) >= 11 is 0. The molecule has 0 radical (unpaired) electrons. The predicted molar refractivity (Wildman–Crippen MR) is 127 cm³/mol.